The van der Waals surface area contributed by atoms with E-state index in [0.717, 1.165) is 0 Å². The fraction of sp³-hybridized carbons (Fsp3) is 0.667. The van der Waals surface area contributed by atoms with Crippen LogP contribution in [0.3, 0.4) is 0 Å². The minimum absolute atomic E-state index is 0. The van der Waals surface area contributed by atoms with Gasteiger partial charge in [0.25, 0.3) is 0 Å². The predicted molar refractivity (Wildman–Crippen MR) is 56.8 cm³/mol. The van der Waals surface area contributed by atoms with Crippen LogP contribution < -0.4 is 0 Å². The molecule has 0 aromatic rings. The zero-order valence-corrected chi connectivity index (χ0v) is 11.0. The van der Waals surface area contributed by atoms with E-state index in [0.29, 0.717) is 12.8 Å². The van der Waals surface area contributed by atoms with Gasteiger partial charge in [-0.05, 0) is 12.8 Å². The van der Waals surface area contributed by atoms with Crippen molar-refractivity contribution in [2.75, 3.05) is 0 Å². The summed E-state index contributed by atoms with van der Waals surface area (Å²) in [6.07, 6.45) is 1.02. The molecule has 0 aromatic carbocycles. The van der Waals surface area contributed by atoms with Gasteiger partial charge in [-0.25, -0.2) is 0 Å². The number of carbonyl (C=O) groups is 2. The van der Waals surface area contributed by atoms with Gasteiger partial charge in [0, 0.05) is 45.8 Å². The number of unbranched alkanes of at least 4 members (excludes halogenated alkanes) is 1. The Morgan fingerprint density at radius 1 is 0.706 bits per heavy atom. The summed E-state index contributed by atoms with van der Waals surface area (Å²) in [6.45, 7) is 0. The van der Waals surface area contributed by atoms with Gasteiger partial charge in [-0.3, -0.25) is 9.59 Å². The van der Waals surface area contributed by atoms with Crippen molar-refractivity contribution in [1.82, 2.24) is 0 Å². The Morgan fingerprint density at radius 2 is 0.882 bits per heavy atom. The van der Waals surface area contributed by atoms with Crippen molar-refractivity contribution < 1.29 is 80.2 Å². The molecule has 0 heterocycles. The van der Waals surface area contributed by atoms with E-state index in [4.69, 9.17) is 10.2 Å². The number of hydrogen-bond acceptors (Lipinski definition) is 2. The van der Waals surface area contributed by atoms with Crippen molar-refractivity contribution in [2.45, 2.75) is 25.7 Å². The monoisotopic (exact) mass is 356 g/mol. The van der Waals surface area contributed by atoms with Gasteiger partial charge >= 0.3 is 11.9 Å². The second kappa shape index (κ2) is 36.1. The van der Waals surface area contributed by atoms with Crippen LogP contribution in [0.25, 0.3) is 0 Å². The Balaban J connectivity index is -0.0000000193. The summed E-state index contributed by atoms with van der Waals surface area (Å²) in [5.74, 6) is -1.74. The molecule has 0 aliphatic heterocycles. The Bertz CT molecular complexity index is 127. The fourth-order valence-corrected chi connectivity index (χ4v) is 0.552. The minimum Gasteiger partial charge on any atom is -0.481 e. The molecule has 0 rings (SSSR count). The summed E-state index contributed by atoms with van der Waals surface area (Å²) < 4.78 is 0. The van der Waals surface area contributed by atoms with E-state index in [1.165, 1.54) is 0 Å². The quantitative estimate of drug-likeness (QED) is 0.285. The van der Waals surface area contributed by atoms with Crippen molar-refractivity contribution in [3.05, 3.63) is 0 Å². The van der Waals surface area contributed by atoms with Crippen LogP contribution in [0.2, 0.25) is 0 Å². The van der Waals surface area contributed by atoms with Gasteiger partial charge < -0.3 is 37.6 Å². The van der Waals surface area contributed by atoms with Crippen LogP contribution in [0.15, 0.2) is 0 Å². The van der Waals surface area contributed by atoms with Gasteiger partial charge in [-0.1, -0.05) is 0 Å². The van der Waals surface area contributed by atoms with Crippen LogP contribution in [0.1, 0.15) is 25.7 Å². The topological polar surface area (TPSA) is 238 Å². The molecule has 0 aliphatic rings. The molecule has 0 unspecified atom stereocenters. The molecule has 16 N–H and O–H groups in total. The molecule has 0 spiro atoms. The number of carboxylic acids is 2. The smallest absolute Gasteiger partial charge is 0.303 e. The SMILES string of the molecule is O.O=C(O)CCCCC(=O)O.[Ni].[Ni].[OH3+].[OH3+].[OH3+].[OH3+]. The molecule has 0 aliphatic carbocycles. The predicted octanol–water partition coefficient (Wildman–Crippen LogP) is -3.80. The molecular formula is C6H24Ni2O9+4. The Hall–Kier alpha value is -0.273. The van der Waals surface area contributed by atoms with E-state index < -0.39 is 11.9 Å². The number of aliphatic carboxylic acids is 2. The van der Waals surface area contributed by atoms with Crippen LogP contribution in [0.4, 0.5) is 0 Å². The van der Waals surface area contributed by atoms with Gasteiger partial charge in [-0.15, -0.1) is 0 Å². The van der Waals surface area contributed by atoms with Crippen molar-refractivity contribution in [3.63, 3.8) is 0 Å². The molecule has 0 aromatic heterocycles. The molecule has 0 bridgehead atoms. The molecule has 0 saturated heterocycles. The zero-order chi connectivity index (χ0) is 7.98. The van der Waals surface area contributed by atoms with Crippen LogP contribution in [0, 0.1) is 0 Å². The van der Waals surface area contributed by atoms with E-state index in [9.17, 15) is 9.59 Å². The molecular weight excluding hydrogens is 333 g/mol. The summed E-state index contributed by atoms with van der Waals surface area (Å²) in [4.78, 5) is 19.8. The van der Waals surface area contributed by atoms with Gasteiger partial charge in [0.2, 0.25) is 0 Å². The van der Waals surface area contributed by atoms with E-state index in [1.54, 1.807) is 0 Å². The Kier molecular flexibility index (Phi) is 115. The third-order valence-electron chi connectivity index (χ3n) is 1.03. The molecule has 0 radical (unpaired) electrons. The first-order chi connectivity index (χ1) is 4.63. The molecule has 0 amide bonds. The Morgan fingerprint density at radius 3 is 1.00 bits per heavy atom. The molecule has 0 atom stereocenters. The maximum atomic E-state index is 9.90. The first-order valence-corrected chi connectivity index (χ1v) is 3.06. The van der Waals surface area contributed by atoms with E-state index in [1.807, 2.05) is 0 Å². The molecule has 118 valence electrons. The van der Waals surface area contributed by atoms with Crippen LogP contribution in [-0.2, 0) is 64.5 Å². The van der Waals surface area contributed by atoms with E-state index in [-0.39, 0.29) is 73.2 Å². The van der Waals surface area contributed by atoms with Crippen molar-refractivity contribution >= 4 is 11.9 Å². The van der Waals surface area contributed by atoms with Crippen LogP contribution in [0.5, 0.6) is 0 Å². The first-order valence-electron chi connectivity index (χ1n) is 3.06. The van der Waals surface area contributed by atoms with Gasteiger partial charge in [0.1, 0.15) is 0 Å². The van der Waals surface area contributed by atoms with Crippen molar-refractivity contribution in [3.8, 4) is 0 Å². The summed E-state index contributed by atoms with van der Waals surface area (Å²) >= 11 is 0. The third-order valence-corrected chi connectivity index (χ3v) is 1.03. The summed E-state index contributed by atoms with van der Waals surface area (Å²) in [6, 6.07) is 0. The average molecular weight is 358 g/mol. The van der Waals surface area contributed by atoms with Crippen molar-refractivity contribution in [1.29, 1.82) is 0 Å². The fourth-order valence-electron chi connectivity index (χ4n) is 0.552. The molecule has 0 saturated carbocycles. The van der Waals surface area contributed by atoms with Gasteiger partial charge in [-0.2, -0.15) is 0 Å². The number of carboxylic acid groups (broad SMARTS) is 2. The van der Waals surface area contributed by atoms with E-state index >= 15 is 0 Å². The molecule has 17 heavy (non-hydrogen) atoms. The average Bonchev–Trinajstić information content (AvgIpc) is 1.79. The second-order valence-electron chi connectivity index (χ2n) is 1.99. The molecule has 11 heteroatoms. The number of rotatable bonds is 5. The van der Waals surface area contributed by atoms with Crippen LogP contribution >= 0.6 is 0 Å². The second-order valence-corrected chi connectivity index (χ2v) is 1.99. The largest absolute Gasteiger partial charge is 0.481 e. The van der Waals surface area contributed by atoms with Crippen molar-refractivity contribution in [2.24, 2.45) is 0 Å². The Labute approximate surface area is 118 Å². The minimum atomic E-state index is -0.870. The summed E-state index contributed by atoms with van der Waals surface area (Å²) in [7, 11) is 0. The zero-order valence-electron chi connectivity index (χ0n) is 8.98. The maximum absolute atomic E-state index is 9.90. The summed E-state index contributed by atoms with van der Waals surface area (Å²) in [5.41, 5.74) is 0. The third kappa shape index (κ3) is 65.5. The first kappa shape index (κ1) is 54.3. The maximum Gasteiger partial charge on any atom is 0.303 e. The molecule has 9 nitrogen and oxygen atoms in total. The summed E-state index contributed by atoms with van der Waals surface area (Å²) in [5, 5.41) is 16.3. The van der Waals surface area contributed by atoms with Crippen LogP contribution in [-0.4, -0.2) is 27.6 Å². The standard InChI is InChI=1S/C6H10O4.2Ni.5H2O/c7-5(8)3-1-2-4-6(9)10;;;;;;;/h1-4H2,(H,7,8)(H,9,10);;;5*1H2/p+4. The number of hydrogen-bond donors (Lipinski definition) is 2. The normalized spacial score (nSPS) is 5.41. The van der Waals surface area contributed by atoms with Gasteiger partial charge in [0.15, 0.2) is 0 Å². The van der Waals surface area contributed by atoms with E-state index in [2.05, 4.69) is 0 Å². The molecule has 0 fully saturated rings. The van der Waals surface area contributed by atoms with Gasteiger partial charge in [0.05, 0.1) is 0 Å².